The molecule has 0 bridgehead atoms. The van der Waals surface area contributed by atoms with Crippen molar-refractivity contribution >= 4 is 11.6 Å². The fourth-order valence-corrected chi connectivity index (χ4v) is 2.50. The van der Waals surface area contributed by atoms with E-state index in [0.717, 1.165) is 11.4 Å². The number of amides is 1. The molecule has 1 fully saturated rings. The van der Waals surface area contributed by atoms with Crippen molar-refractivity contribution in [2.45, 2.75) is 26.2 Å². The molecule has 1 atom stereocenters. The van der Waals surface area contributed by atoms with Crippen LogP contribution in [0.5, 0.6) is 5.75 Å². The number of anilines is 1. The van der Waals surface area contributed by atoms with E-state index in [0.29, 0.717) is 31.3 Å². The lowest BCUT2D eigenvalue weighted by Crippen LogP contribution is -2.24. The van der Waals surface area contributed by atoms with E-state index in [9.17, 15) is 4.79 Å². The van der Waals surface area contributed by atoms with Crippen LogP contribution < -0.4 is 9.64 Å². The van der Waals surface area contributed by atoms with Crippen molar-refractivity contribution in [3.05, 3.63) is 36.0 Å². The molecule has 21 heavy (non-hydrogen) atoms. The Morgan fingerprint density at radius 1 is 1.38 bits per heavy atom. The highest BCUT2D eigenvalue weighted by atomic mass is 16.5. The predicted molar refractivity (Wildman–Crippen MR) is 76.4 cm³/mol. The molecule has 2 aromatic rings. The molecule has 0 saturated carbocycles. The summed E-state index contributed by atoms with van der Waals surface area (Å²) in [6, 6.07) is 7.54. The molecular weight excluding hydrogens is 270 g/mol. The third kappa shape index (κ3) is 2.74. The van der Waals surface area contributed by atoms with E-state index in [1.54, 1.807) is 11.8 Å². The zero-order valence-corrected chi connectivity index (χ0v) is 12.1. The van der Waals surface area contributed by atoms with Gasteiger partial charge in [0.15, 0.2) is 5.82 Å². The molecule has 0 aliphatic carbocycles. The number of carbonyl (C=O) groups is 1. The lowest BCUT2D eigenvalue weighted by Gasteiger charge is -2.16. The number of hydrogen-bond acceptors (Lipinski definition) is 5. The van der Waals surface area contributed by atoms with Crippen molar-refractivity contribution in [1.82, 2.24) is 10.1 Å². The minimum absolute atomic E-state index is 0.0125. The van der Waals surface area contributed by atoms with Gasteiger partial charge in [-0.2, -0.15) is 4.98 Å². The molecule has 1 saturated heterocycles. The molecule has 3 rings (SSSR count). The summed E-state index contributed by atoms with van der Waals surface area (Å²) in [6.45, 7) is 4.89. The molecule has 1 aliphatic rings. The molecule has 1 amide bonds. The van der Waals surface area contributed by atoms with Crippen LogP contribution in [0.4, 0.5) is 5.69 Å². The maximum absolute atomic E-state index is 12.2. The Hall–Kier alpha value is -2.37. The second-order valence-corrected chi connectivity index (χ2v) is 5.00. The quantitative estimate of drug-likeness (QED) is 0.863. The van der Waals surface area contributed by atoms with Gasteiger partial charge in [0.25, 0.3) is 0 Å². The van der Waals surface area contributed by atoms with E-state index in [1.165, 1.54) is 0 Å². The van der Waals surface area contributed by atoms with Gasteiger partial charge >= 0.3 is 0 Å². The van der Waals surface area contributed by atoms with Crippen LogP contribution in [-0.2, 0) is 4.79 Å². The van der Waals surface area contributed by atoms with E-state index in [1.807, 2.05) is 31.2 Å². The summed E-state index contributed by atoms with van der Waals surface area (Å²) < 4.78 is 10.4. The first kappa shape index (κ1) is 13.6. The van der Waals surface area contributed by atoms with Crippen LogP contribution in [0.2, 0.25) is 0 Å². The van der Waals surface area contributed by atoms with Crippen LogP contribution in [-0.4, -0.2) is 29.2 Å². The summed E-state index contributed by atoms with van der Waals surface area (Å²) in [5.41, 5.74) is 0.867. The van der Waals surface area contributed by atoms with Crippen molar-refractivity contribution in [2.75, 3.05) is 18.1 Å². The Kier molecular flexibility index (Phi) is 3.60. The van der Waals surface area contributed by atoms with Gasteiger partial charge in [0, 0.05) is 31.5 Å². The standard InChI is InChI=1S/C15H17N3O3/c1-3-20-13-6-4-12(5-7-13)18-9-11(8-14(18)19)15-16-10(2)21-17-15/h4-7,11H,3,8-9H2,1-2H3. The van der Waals surface area contributed by atoms with Gasteiger partial charge in [0.05, 0.1) is 6.61 Å². The minimum Gasteiger partial charge on any atom is -0.494 e. The van der Waals surface area contributed by atoms with Crippen LogP contribution in [0.15, 0.2) is 28.8 Å². The van der Waals surface area contributed by atoms with E-state index in [-0.39, 0.29) is 11.8 Å². The van der Waals surface area contributed by atoms with Gasteiger partial charge in [-0.25, -0.2) is 0 Å². The fourth-order valence-electron chi connectivity index (χ4n) is 2.50. The number of ether oxygens (including phenoxy) is 1. The van der Waals surface area contributed by atoms with Gasteiger partial charge in [-0.05, 0) is 31.2 Å². The molecule has 1 aromatic carbocycles. The maximum atomic E-state index is 12.2. The molecule has 0 radical (unpaired) electrons. The van der Waals surface area contributed by atoms with Gasteiger partial charge in [0.2, 0.25) is 11.8 Å². The van der Waals surface area contributed by atoms with Crippen LogP contribution in [0, 0.1) is 6.92 Å². The first-order valence-corrected chi connectivity index (χ1v) is 7.01. The predicted octanol–water partition coefficient (Wildman–Crippen LogP) is 2.30. The minimum atomic E-state index is -0.0125. The second kappa shape index (κ2) is 5.55. The number of benzene rings is 1. The van der Waals surface area contributed by atoms with Gasteiger partial charge in [0.1, 0.15) is 5.75 Å². The van der Waals surface area contributed by atoms with E-state index >= 15 is 0 Å². The molecule has 110 valence electrons. The van der Waals surface area contributed by atoms with Crippen LogP contribution in [0.1, 0.15) is 31.0 Å². The molecule has 6 heteroatoms. The highest BCUT2D eigenvalue weighted by Crippen LogP contribution is 2.31. The van der Waals surface area contributed by atoms with Crippen molar-refractivity contribution in [3.8, 4) is 5.75 Å². The Morgan fingerprint density at radius 2 is 2.14 bits per heavy atom. The lowest BCUT2D eigenvalue weighted by atomic mass is 10.1. The number of aromatic nitrogens is 2. The van der Waals surface area contributed by atoms with Gasteiger partial charge in [-0.15, -0.1) is 0 Å². The number of nitrogens with zero attached hydrogens (tertiary/aromatic N) is 3. The van der Waals surface area contributed by atoms with E-state index in [2.05, 4.69) is 10.1 Å². The van der Waals surface area contributed by atoms with Gasteiger partial charge < -0.3 is 14.2 Å². The summed E-state index contributed by atoms with van der Waals surface area (Å²) in [5.74, 6) is 2.00. The molecule has 1 aliphatic heterocycles. The first-order valence-electron chi connectivity index (χ1n) is 7.01. The molecular formula is C15H17N3O3. The van der Waals surface area contributed by atoms with Crippen LogP contribution >= 0.6 is 0 Å². The SMILES string of the molecule is CCOc1ccc(N2CC(c3noc(C)n3)CC2=O)cc1. The average molecular weight is 287 g/mol. The van der Waals surface area contributed by atoms with Crippen molar-refractivity contribution in [2.24, 2.45) is 0 Å². The molecule has 1 aromatic heterocycles. The Bertz CT molecular complexity index is 636. The summed E-state index contributed by atoms with van der Waals surface area (Å²) >= 11 is 0. The third-order valence-electron chi connectivity index (χ3n) is 3.49. The summed E-state index contributed by atoms with van der Waals surface area (Å²) in [7, 11) is 0. The van der Waals surface area contributed by atoms with Crippen LogP contribution in [0.3, 0.4) is 0 Å². The Labute approximate surface area is 122 Å². The summed E-state index contributed by atoms with van der Waals surface area (Å²) in [4.78, 5) is 18.2. The van der Waals surface area contributed by atoms with Crippen molar-refractivity contribution in [1.29, 1.82) is 0 Å². The Balaban J connectivity index is 1.75. The monoisotopic (exact) mass is 287 g/mol. The molecule has 6 nitrogen and oxygen atoms in total. The van der Waals surface area contributed by atoms with Gasteiger partial charge in [-0.1, -0.05) is 5.16 Å². The van der Waals surface area contributed by atoms with Gasteiger partial charge in [-0.3, -0.25) is 4.79 Å². The fraction of sp³-hybridized carbons (Fsp3) is 0.400. The second-order valence-electron chi connectivity index (χ2n) is 5.00. The largest absolute Gasteiger partial charge is 0.494 e. The maximum Gasteiger partial charge on any atom is 0.227 e. The lowest BCUT2D eigenvalue weighted by molar-refractivity contribution is -0.117. The molecule has 2 heterocycles. The zero-order valence-electron chi connectivity index (χ0n) is 12.1. The summed E-state index contributed by atoms with van der Waals surface area (Å²) in [5, 5.41) is 3.91. The highest BCUT2D eigenvalue weighted by molar-refractivity contribution is 5.96. The Morgan fingerprint density at radius 3 is 2.76 bits per heavy atom. The number of aryl methyl sites for hydroxylation is 1. The average Bonchev–Trinajstić information content (AvgIpc) is 3.06. The molecule has 1 unspecified atom stereocenters. The first-order chi connectivity index (χ1) is 10.2. The number of rotatable bonds is 4. The van der Waals surface area contributed by atoms with E-state index < -0.39 is 0 Å². The normalized spacial score (nSPS) is 18.3. The highest BCUT2D eigenvalue weighted by Gasteiger charge is 2.34. The van der Waals surface area contributed by atoms with Crippen molar-refractivity contribution < 1.29 is 14.1 Å². The van der Waals surface area contributed by atoms with Crippen molar-refractivity contribution in [3.63, 3.8) is 0 Å². The molecule has 0 spiro atoms. The van der Waals surface area contributed by atoms with Crippen LogP contribution in [0.25, 0.3) is 0 Å². The molecule has 0 N–H and O–H groups in total. The number of carbonyl (C=O) groups excluding carboxylic acids is 1. The smallest absolute Gasteiger partial charge is 0.227 e. The van der Waals surface area contributed by atoms with E-state index in [4.69, 9.17) is 9.26 Å². The summed E-state index contributed by atoms with van der Waals surface area (Å²) in [6.07, 6.45) is 0.409. The zero-order chi connectivity index (χ0) is 14.8. The topological polar surface area (TPSA) is 68.5 Å². The third-order valence-corrected chi connectivity index (χ3v) is 3.49. The number of hydrogen-bond donors (Lipinski definition) is 0.